The van der Waals surface area contributed by atoms with Crippen molar-refractivity contribution in [2.75, 3.05) is 20.2 Å². The van der Waals surface area contributed by atoms with Crippen molar-refractivity contribution in [1.82, 2.24) is 4.90 Å². The average molecular weight is 235 g/mol. The van der Waals surface area contributed by atoms with Crippen LogP contribution in [0.25, 0.3) is 0 Å². The number of β-amino-alcohol motifs (C(OH)–C–C–N with tert-alkyl or cyclic N) is 1. The van der Waals surface area contributed by atoms with Crippen LogP contribution in [-0.4, -0.2) is 41.8 Å². The molecule has 1 saturated heterocycles. The van der Waals surface area contributed by atoms with Crippen molar-refractivity contribution >= 4 is 5.97 Å². The van der Waals surface area contributed by atoms with Crippen molar-refractivity contribution in [3.05, 3.63) is 35.4 Å². The standard InChI is InChI=1S/C13H17NO3/c1-13(16)8-14(9-13)7-10-4-3-5-11(6-10)12(15)17-2/h3-6,16H,7-9H2,1-2H3. The van der Waals surface area contributed by atoms with Crippen molar-refractivity contribution < 1.29 is 14.6 Å². The molecule has 1 aromatic carbocycles. The van der Waals surface area contributed by atoms with Gasteiger partial charge in [-0.2, -0.15) is 0 Å². The molecule has 92 valence electrons. The minimum atomic E-state index is -0.556. The van der Waals surface area contributed by atoms with Crippen molar-refractivity contribution in [3.8, 4) is 0 Å². The highest BCUT2D eigenvalue weighted by molar-refractivity contribution is 5.89. The van der Waals surface area contributed by atoms with Gasteiger partial charge in [0, 0.05) is 19.6 Å². The number of hydrogen-bond donors (Lipinski definition) is 1. The molecule has 0 radical (unpaired) electrons. The van der Waals surface area contributed by atoms with E-state index in [9.17, 15) is 9.90 Å². The first-order valence-electron chi connectivity index (χ1n) is 5.62. The Bertz CT molecular complexity index is 420. The number of likely N-dealkylation sites (tertiary alicyclic amines) is 1. The molecule has 1 aliphatic rings. The number of rotatable bonds is 3. The van der Waals surface area contributed by atoms with Gasteiger partial charge in [0.1, 0.15) is 0 Å². The Balaban J connectivity index is 2.00. The zero-order valence-electron chi connectivity index (χ0n) is 10.1. The van der Waals surface area contributed by atoms with E-state index in [1.807, 2.05) is 25.1 Å². The third-order valence-corrected chi connectivity index (χ3v) is 2.88. The lowest BCUT2D eigenvalue weighted by Crippen LogP contribution is -2.59. The molecule has 1 heterocycles. The van der Waals surface area contributed by atoms with Gasteiger partial charge in [0.25, 0.3) is 0 Å². The van der Waals surface area contributed by atoms with Crippen molar-refractivity contribution in [2.45, 2.75) is 19.1 Å². The van der Waals surface area contributed by atoms with Crippen molar-refractivity contribution in [3.63, 3.8) is 0 Å². The minimum Gasteiger partial charge on any atom is -0.465 e. The summed E-state index contributed by atoms with van der Waals surface area (Å²) in [5.41, 5.74) is 1.07. The fourth-order valence-electron chi connectivity index (χ4n) is 2.20. The smallest absolute Gasteiger partial charge is 0.337 e. The number of hydrogen-bond acceptors (Lipinski definition) is 4. The van der Waals surface area contributed by atoms with E-state index in [4.69, 9.17) is 0 Å². The van der Waals surface area contributed by atoms with Gasteiger partial charge in [-0.15, -0.1) is 0 Å². The molecule has 1 aromatic rings. The monoisotopic (exact) mass is 235 g/mol. The third-order valence-electron chi connectivity index (χ3n) is 2.88. The molecule has 0 aliphatic carbocycles. The molecule has 1 N–H and O–H groups in total. The maximum absolute atomic E-state index is 11.4. The zero-order valence-corrected chi connectivity index (χ0v) is 10.1. The van der Waals surface area contributed by atoms with E-state index in [1.165, 1.54) is 7.11 Å². The maximum atomic E-state index is 11.4. The summed E-state index contributed by atoms with van der Waals surface area (Å²) >= 11 is 0. The molecule has 0 spiro atoms. The van der Waals surface area contributed by atoms with Crippen molar-refractivity contribution in [1.29, 1.82) is 0 Å². The predicted octanol–water partition coefficient (Wildman–Crippen LogP) is 1.04. The lowest BCUT2D eigenvalue weighted by Gasteiger charge is -2.44. The summed E-state index contributed by atoms with van der Waals surface area (Å²) in [5, 5.41) is 9.63. The second-order valence-electron chi connectivity index (χ2n) is 4.83. The molecule has 2 rings (SSSR count). The Morgan fingerprint density at radius 3 is 2.82 bits per heavy atom. The Morgan fingerprint density at radius 2 is 2.24 bits per heavy atom. The molecule has 0 atom stereocenters. The number of aliphatic hydroxyl groups is 1. The molecule has 0 unspecified atom stereocenters. The predicted molar refractivity (Wildman–Crippen MR) is 63.7 cm³/mol. The highest BCUT2D eigenvalue weighted by atomic mass is 16.5. The van der Waals surface area contributed by atoms with E-state index in [-0.39, 0.29) is 5.97 Å². The van der Waals surface area contributed by atoms with Crippen LogP contribution < -0.4 is 0 Å². The number of carbonyl (C=O) groups excluding carboxylic acids is 1. The number of methoxy groups -OCH3 is 1. The van der Waals surface area contributed by atoms with Gasteiger partial charge < -0.3 is 9.84 Å². The normalized spacial score (nSPS) is 18.5. The number of benzene rings is 1. The average Bonchev–Trinajstić information content (AvgIpc) is 2.26. The molecule has 4 heteroatoms. The van der Waals surface area contributed by atoms with E-state index in [0.29, 0.717) is 18.7 Å². The quantitative estimate of drug-likeness (QED) is 0.795. The van der Waals surface area contributed by atoms with Crippen LogP contribution in [0.2, 0.25) is 0 Å². The van der Waals surface area contributed by atoms with Gasteiger partial charge >= 0.3 is 5.97 Å². The van der Waals surface area contributed by atoms with E-state index in [2.05, 4.69) is 9.64 Å². The molecule has 0 amide bonds. The number of ether oxygens (including phenoxy) is 1. The molecule has 4 nitrogen and oxygen atoms in total. The molecule has 0 aromatic heterocycles. The Kier molecular flexibility index (Phi) is 3.17. The summed E-state index contributed by atoms with van der Waals surface area (Å²) in [4.78, 5) is 13.5. The van der Waals surface area contributed by atoms with Crippen LogP contribution in [0.3, 0.4) is 0 Å². The van der Waals surface area contributed by atoms with Crippen LogP contribution in [0.4, 0.5) is 0 Å². The molecule has 1 fully saturated rings. The van der Waals surface area contributed by atoms with E-state index in [1.54, 1.807) is 6.07 Å². The lowest BCUT2D eigenvalue weighted by atomic mass is 9.96. The van der Waals surface area contributed by atoms with Gasteiger partial charge in [0.05, 0.1) is 18.3 Å². The lowest BCUT2D eigenvalue weighted by molar-refractivity contribution is -0.0871. The maximum Gasteiger partial charge on any atom is 0.337 e. The van der Waals surface area contributed by atoms with Gasteiger partial charge in [-0.25, -0.2) is 4.79 Å². The first-order valence-corrected chi connectivity index (χ1v) is 5.62. The first kappa shape index (κ1) is 12.1. The van der Waals surface area contributed by atoms with Crippen LogP contribution in [0.15, 0.2) is 24.3 Å². The Labute approximate surface area is 101 Å². The molecular weight excluding hydrogens is 218 g/mol. The molecule has 1 aliphatic heterocycles. The van der Waals surface area contributed by atoms with Crippen molar-refractivity contribution in [2.24, 2.45) is 0 Å². The SMILES string of the molecule is COC(=O)c1cccc(CN2CC(C)(O)C2)c1. The van der Waals surface area contributed by atoms with E-state index < -0.39 is 5.60 Å². The number of esters is 1. The summed E-state index contributed by atoms with van der Waals surface area (Å²) < 4.78 is 4.68. The van der Waals surface area contributed by atoms with Gasteiger partial charge in [-0.3, -0.25) is 4.90 Å². The summed E-state index contributed by atoms with van der Waals surface area (Å²) in [6.45, 7) is 3.93. The highest BCUT2D eigenvalue weighted by Gasteiger charge is 2.36. The summed E-state index contributed by atoms with van der Waals surface area (Å²) in [7, 11) is 1.38. The second-order valence-corrected chi connectivity index (χ2v) is 4.83. The van der Waals surface area contributed by atoms with Crippen LogP contribution in [0.5, 0.6) is 0 Å². The van der Waals surface area contributed by atoms with Crippen LogP contribution in [-0.2, 0) is 11.3 Å². The van der Waals surface area contributed by atoms with E-state index >= 15 is 0 Å². The van der Waals surface area contributed by atoms with E-state index in [0.717, 1.165) is 12.1 Å². The summed E-state index contributed by atoms with van der Waals surface area (Å²) in [6.07, 6.45) is 0. The topological polar surface area (TPSA) is 49.8 Å². The third kappa shape index (κ3) is 2.84. The fourth-order valence-corrected chi connectivity index (χ4v) is 2.20. The largest absolute Gasteiger partial charge is 0.465 e. The number of carbonyl (C=O) groups is 1. The van der Waals surface area contributed by atoms with Gasteiger partial charge in [0.2, 0.25) is 0 Å². The first-order chi connectivity index (χ1) is 8.00. The molecule has 0 bridgehead atoms. The molecular formula is C13H17NO3. The Hall–Kier alpha value is -1.39. The van der Waals surface area contributed by atoms with Crippen LogP contribution >= 0.6 is 0 Å². The number of nitrogens with zero attached hydrogens (tertiary/aromatic N) is 1. The van der Waals surface area contributed by atoms with Gasteiger partial charge in [0.15, 0.2) is 0 Å². The highest BCUT2D eigenvalue weighted by Crippen LogP contribution is 2.22. The second kappa shape index (κ2) is 4.47. The molecule has 0 saturated carbocycles. The van der Waals surface area contributed by atoms with Crippen LogP contribution in [0.1, 0.15) is 22.8 Å². The summed E-state index contributed by atoms with van der Waals surface area (Å²) in [6, 6.07) is 7.39. The minimum absolute atomic E-state index is 0.317. The summed E-state index contributed by atoms with van der Waals surface area (Å²) in [5.74, 6) is -0.317. The van der Waals surface area contributed by atoms with Crippen LogP contribution in [0, 0.1) is 0 Å². The zero-order chi connectivity index (χ0) is 12.5. The van der Waals surface area contributed by atoms with Gasteiger partial charge in [-0.05, 0) is 24.6 Å². The van der Waals surface area contributed by atoms with Gasteiger partial charge in [-0.1, -0.05) is 12.1 Å². The Morgan fingerprint density at radius 1 is 1.53 bits per heavy atom. The fraction of sp³-hybridized carbons (Fsp3) is 0.462. The molecule has 17 heavy (non-hydrogen) atoms.